The number of pyridine rings is 1. The van der Waals surface area contributed by atoms with Crippen LogP contribution in [0.25, 0.3) is 0 Å². The van der Waals surface area contributed by atoms with Crippen LogP contribution in [0.4, 0.5) is 16.5 Å². The van der Waals surface area contributed by atoms with E-state index in [1.807, 2.05) is 31.2 Å². The highest BCUT2D eigenvalue weighted by molar-refractivity contribution is 8.02. The number of aryl methyl sites for hydroxylation is 1. The molecule has 26 heavy (non-hydrogen) atoms. The van der Waals surface area contributed by atoms with Crippen molar-refractivity contribution in [1.29, 1.82) is 0 Å². The molecule has 0 aliphatic rings. The third-order valence-electron chi connectivity index (χ3n) is 3.34. The van der Waals surface area contributed by atoms with Gasteiger partial charge < -0.3 is 10.6 Å². The van der Waals surface area contributed by atoms with E-state index < -0.39 is 0 Å². The fourth-order valence-electron chi connectivity index (χ4n) is 2.07. The van der Waals surface area contributed by atoms with Crippen molar-refractivity contribution in [3.05, 3.63) is 53.3 Å². The average Bonchev–Trinajstić information content (AvgIpc) is 3.03. The lowest BCUT2D eigenvalue weighted by atomic mass is 10.2. The van der Waals surface area contributed by atoms with E-state index in [-0.39, 0.29) is 16.3 Å². The summed E-state index contributed by atoms with van der Waals surface area (Å²) in [6.45, 7) is 3.83. The van der Waals surface area contributed by atoms with Crippen molar-refractivity contribution in [2.45, 2.75) is 23.4 Å². The van der Waals surface area contributed by atoms with E-state index in [1.54, 1.807) is 25.3 Å². The van der Waals surface area contributed by atoms with Gasteiger partial charge >= 0.3 is 0 Å². The number of thioether (sulfide) groups is 1. The van der Waals surface area contributed by atoms with Gasteiger partial charge in [0, 0.05) is 11.9 Å². The van der Waals surface area contributed by atoms with Crippen molar-refractivity contribution in [2.75, 3.05) is 10.6 Å². The van der Waals surface area contributed by atoms with E-state index in [0.29, 0.717) is 15.2 Å². The van der Waals surface area contributed by atoms with E-state index in [1.165, 1.54) is 23.1 Å². The first-order chi connectivity index (χ1) is 12.5. The second kappa shape index (κ2) is 8.48. The summed E-state index contributed by atoms with van der Waals surface area (Å²) >= 11 is 8.70. The normalized spacial score (nSPS) is 11.8. The van der Waals surface area contributed by atoms with Crippen LogP contribution >= 0.6 is 34.7 Å². The molecule has 0 aliphatic heterocycles. The van der Waals surface area contributed by atoms with E-state index >= 15 is 0 Å². The molecule has 0 spiro atoms. The summed E-state index contributed by atoms with van der Waals surface area (Å²) in [6, 6.07) is 11.4. The van der Waals surface area contributed by atoms with Gasteiger partial charge in [-0.3, -0.25) is 4.79 Å². The topological polar surface area (TPSA) is 79.8 Å². The van der Waals surface area contributed by atoms with Gasteiger partial charge in [-0.25, -0.2) is 4.98 Å². The van der Waals surface area contributed by atoms with Crippen LogP contribution in [0.2, 0.25) is 5.15 Å². The predicted molar refractivity (Wildman–Crippen MR) is 108 cm³/mol. The Morgan fingerprint density at radius 2 is 2.12 bits per heavy atom. The van der Waals surface area contributed by atoms with Crippen molar-refractivity contribution in [3.63, 3.8) is 0 Å². The van der Waals surface area contributed by atoms with Gasteiger partial charge in [0.2, 0.25) is 11.0 Å². The molecule has 0 aliphatic carbocycles. The minimum absolute atomic E-state index is 0.173. The molecular weight excluding hydrogens is 390 g/mol. The fraction of sp³-hybridized carbons (Fsp3) is 0.176. The lowest BCUT2D eigenvalue weighted by Crippen LogP contribution is -2.22. The smallest absolute Gasteiger partial charge is 0.237 e. The summed E-state index contributed by atoms with van der Waals surface area (Å²) in [4.78, 5) is 16.3. The number of carbonyl (C=O) groups excluding carboxylic acids is 1. The molecule has 9 heteroatoms. The molecule has 0 radical (unpaired) electrons. The first-order valence-corrected chi connectivity index (χ1v) is 9.84. The number of benzene rings is 1. The van der Waals surface area contributed by atoms with Crippen LogP contribution < -0.4 is 10.6 Å². The number of aromatic nitrogens is 3. The molecule has 134 valence electrons. The molecule has 1 atom stereocenters. The summed E-state index contributed by atoms with van der Waals surface area (Å²) in [5.41, 5.74) is 2.61. The number of amides is 1. The molecule has 3 aromatic rings. The number of hydrogen-bond donors (Lipinski definition) is 2. The summed E-state index contributed by atoms with van der Waals surface area (Å²) in [7, 11) is 0. The number of hydrogen-bond acceptors (Lipinski definition) is 7. The van der Waals surface area contributed by atoms with Crippen molar-refractivity contribution in [2.24, 2.45) is 0 Å². The molecule has 6 nitrogen and oxygen atoms in total. The molecule has 3 rings (SSSR count). The Morgan fingerprint density at radius 3 is 2.88 bits per heavy atom. The third kappa shape index (κ3) is 4.94. The van der Waals surface area contributed by atoms with Gasteiger partial charge in [0.1, 0.15) is 0 Å². The Labute approximate surface area is 164 Å². The van der Waals surface area contributed by atoms with Crippen LogP contribution in [-0.2, 0) is 4.79 Å². The minimum Gasteiger partial charge on any atom is -0.330 e. The molecule has 0 unspecified atom stereocenters. The number of nitrogens with one attached hydrogen (secondary N) is 2. The lowest BCUT2D eigenvalue weighted by Gasteiger charge is -2.10. The highest BCUT2D eigenvalue weighted by atomic mass is 35.5. The fourth-order valence-corrected chi connectivity index (χ4v) is 4.16. The monoisotopic (exact) mass is 405 g/mol. The van der Waals surface area contributed by atoms with E-state index in [2.05, 4.69) is 25.8 Å². The quantitative estimate of drug-likeness (QED) is 0.454. The number of anilines is 3. The van der Waals surface area contributed by atoms with Crippen LogP contribution in [0, 0.1) is 6.92 Å². The second-order valence-corrected chi connectivity index (χ2v) is 8.38. The molecule has 2 aromatic heterocycles. The summed E-state index contributed by atoms with van der Waals surface area (Å²) in [5.74, 6) is -0.173. The van der Waals surface area contributed by atoms with Crippen LogP contribution in [0.1, 0.15) is 12.5 Å². The number of nitrogens with zero attached hydrogens (tertiary/aromatic N) is 3. The number of rotatable bonds is 6. The molecule has 0 bridgehead atoms. The molecule has 0 saturated carbocycles. The lowest BCUT2D eigenvalue weighted by molar-refractivity contribution is -0.115. The van der Waals surface area contributed by atoms with Gasteiger partial charge in [0.15, 0.2) is 9.49 Å². The van der Waals surface area contributed by atoms with Crippen molar-refractivity contribution in [3.8, 4) is 0 Å². The van der Waals surface area contributed by atoms with Gasteiger partial charge in [-0.2, -0.15) is 0 Å². The van der Waals surface area contributed by atoms with Gasteiger partial charge in [-0.15, -0.1) is 10.2 Å². The largest absolute Gasteiger partial charge is 0.330 e. The van der Waals surface area contributed by atoms with Crippen molar-refractivity contribution < 1.29 is 4.79 Å². The van der Waals surface area contributed by atoms with Crippen molar-refractivity contribution >= 4 is 57.1 Å². The summed E-state index contributed by atoms with van der Waals surface area (Å²) in [6.07, 6.45) is 1.57. The van der Waals surface area contributed by atoms with Gasteiger partial charge in [-0.05, 0) is 43.7 Å². The predicted octanol–water partition coefficient (Wildman–Crippen LogP) is 4.76. The Morgan fingerprint density at radius 1 is 1.27 bits per heavy atom. The summed E-state index contributed by atoms with van der Waals surface area (Å²) in [5, 5.41) is 14.8. The third-order valence-corrected chi connectivity index (χ3v) is 5.66. The molecule has 2 N–H and O–H groups in total. The first kappa shape index (κ1) is 18.6. The SMILES string of the molecule is Cc1cccc(Nc2nnc(S[C@H](C)C(=O)Nc3cccnc3Cl)s2)c1. The maximum absolute atomic E-state index is 12.3. The van der Waals surface area contributed by atoms with E-state index in [0.717, 1.165) is 11.3 Å². The van der Waals surface area contributed by atoms with Gasteiger partial charge in [-0.1, -0.05) is 46.8 Å². The highest BCUT2D eigenvalue weighted by Gasteiger charge is 2.18. The standard InChI is InChI=1S/C17H16ClN5OS2/c1-10-5-3-6-12(9-10)20-16-22-23-17(26-16)25-11(2)15(24)21-13-7-4-8-19-14(13)18/h3-9,11H,1-2H3,(H,20,22)(H,21,24)/t11-/m1/s1. The van der Waals surface area contributed by atoms with E-state index in [4.69, 9.17) is 11.6 Å². The minimum atomic E-state index is -0.356. The zero-order valence-corrected chi connectivity index (χ0v) is 16.5. The maximum atomic E-state index is 12.3. The Balaban J connectivity index is 1.59. The number of carbonyl (C=O) groups is 1. The zero-order valence-electron chi connectivity index (χ0n) is 14.1. The zero-order chi connectivity index (χ0) is 18.5. The average molecular weight is 406 g/mol. The van der Waals surface area contributed by atoms with Crippen LogP contribution in [0.15, 0.2) is 46.9 Å². The Hall–Kier alpha value is -2.16. The van der Waals surface area contributed by atoms with Crippen molar-refractivity contribution in [1.82, 2.24) is 15.2 Å². The van der Waals surface area contributed by atoms with Crippen LogP contribution in [0.5, 0.6) is 0 Å². The highest BCUT2D eigenvalue weighted by Crippen LogP contribution is 2.31. The van der Waals surface area contributed by atoms with E-state index in [9.17, 15) is 4.79 Å². The number of halogens is 1. The molecule has 0 fully saturated rings. The van der Waals surface area contributed by atoms with Gasteiger partial charge in [0.25, 0.3) is 0 Å². The molecule has 2 heterocycles. The van der Waals surface area contributed by atoms with Gasteiger partial charge in [0.05, 0.1) is 10.9 Å². The van der Waals surface area contributed by atoms with Crippen LogP contribution in [0.3, 0.4) is 0 Å². The van der Waals surface area contributed by atoms with Crippen LogP contribution in [-0.4, -0.2) is 26.3 Å². The molecule has 1 aromatic carbocycles. The summed E-state index contributed by atoms with van der Waals surface area (Å²) < 4.78 is 0.708. The maximum Gasteiger partial charge on any atom is 0.237 e. The second-order valence-electron chi connectivity index (χ2n) is 5.46. The first-order valence-electron chi connectivity index (χ1n) is 7.76. The Kier molecular flexibility index (Phi) is 6.08. The Bertz CT molecular complexity index is 917. The molecule has 1 amide bonds. The molecule has 0 saturated heterocycles. The molecular formula is C17H16ClN5OS2.